The van der Waals surface area contributed by atoms with Crippen LogP contribution in [0.2, 0.25) is 5.02 Å². The lowest BCUT2D eigenvalue weighted by atomic mass is 10.1. The van der Waals surface area contributed by atoms with Crippen LogP contribution >= 0.6 is 27.5 Å². The average molecular weight is 306 g/mol. The highest BCUT2D eigenvalue weighted by Gasteiger charge is 2.14. The standard InChI is InChI=1S/C10H10BrClN2O2/c11-4-2-1-3-7-5-8(12)6-9(10(7)13)14(15)16/h1,3,5-6H,2,4,13H2. The van der Waals surface area contributed by atoms with Gasteiger partial charge in [-0.15, -0.1) is 0 Å². The first-order valence-electron chi connectivity index (χ1n) is 4.52. The number of nitro groups is 1. The van der Waals surface area contributed by atoms with Crippen molar-refractivity contribution in [2.45, 2.75) is 6.42 Å². The lowest BCUT2D eigenvalue weighted by Crippen LogP contribution is -1.98. The molecule has 4 nitrogen and oxygen atoms in total. The fourth-order valence-corrected chi connectivity index (χ4v) is 1.67. The van der Waals surface area contributed by atoms with Crippen LogP contribution in [0.3, 0.4) is 0 Å². The van der Waals surface area contributed by atoms with Gasteiger partial charge in [-0.2, -0.15) is 0 Å². The minimum Gasteiger partial charge on any atom is -0.393 e. The molecule has 0 fully saturated rings. The summed E-state index contributed by atoms with van der Waals surface area (Å²) in [6, 6.07) is 2.85. The summed E-state index contributed by atoms with van der Waals surface area (Å²) < 4.78 is 0. The van der Waals surface area contributed by atoms with Gasteiger partial charge in [0.2, 0.25) is 0 Å². The fourth-order valence-electron chi connectivity index (χ4n) is 1.19. The minimum absolute atomic E-state index is 0.139. The van der Waals surface area contributed by atoms with E-state index < -0.39 is 4.92 Å². The zero-order valence-corrected chi connectivity index (χ0v) is 10.7. The van der Waals surface area contributed by atoms with Gasteiger partial charge in [0.15, 0.2) is 0 Å². The number of nitrogens with two attached hydrogens (primary N) is 1. The molecule has 1 aromatic rings. The molecule has 1 rings (SSSR count). The number of hydrogen-bond donors (Lipinski definition) is 1. The highest BCUT2D eigenvalue weighted by molar-refractivity contribution is 9.09. The van der Waals surface area contributed by atoms with Crippen molar-refractivity contribution < 1.29 is 4.92 Å². The van der Waals surface area contributed by atoms with Crippen LogP contribution in [0.25, 0.3) is 6.08 Å². The van der Waals surface area contributed by atoms with E-state index in [-0.39, 0.29) is 11.4 Å². The van der Waals surface area contributed by atoms with Crippen molar-refractivity contribution in [1.29, 1.82) is 0 Å². The molecule has 0 spiro atoms. The van der Waals surface area contributed by atoms with Gasteiger partial charge in [0.25, 0.3) is 5.69 Å². The van der Waals surface area contributed by atoms with Gasteiger partial charge in [0.05, 0.1) is 4.92 Å². The number of halogens is 2. The Balaban J connectivity index is 3.14. The predicted octanol–water partition coefficient (Wildman–Crippen LogP) is 3.63. The van der Waals surface area contributed by atoms with E-state index in [1.54, 1.807) is 12.1 Å². The number of nitrogens with zero attached hydrogens (tertiary/aromatic N) is 1. The van der Waals surface area contributed by atoms with Crippen LogP contribution in [0.15, 0.2) is 18.2 Å². The quantitative estimate of drug-likeness (QED) is 0.400. The van der Waals surface area contributed by atoms with E-state index in [9.17, 15) is 10.1 Å². The third-order valence-corrected chi connectivity index (χ3v) is 2.60. The summed E-state index contributed by atoms with van der Waals surface area (Å²) in [4.78, 5) is 10.2. The molecule has 0 radical (unpaired) electrons. The van der Waals surface area contributed by atoms with Crippen molar-refractivity contribution in [3.8, 4) is 0 Å². The van der Waals surface area contributed by atoms with Gasteiger partial charge in [-0.1, -0.05) is 39.7 Å². The third kappa shape index (κ3) is 3.21. The summed E-state index contributed by atoms with van der Waals surface area (Å²) in [5.41, 5.74) is 6.22. The van der Waals surface area contributed by atoms with Gasteiger partial charge >= 0.3 is 0 Å². The monoisotopic (exact) mass is 304 g/mol. The molecular formula is C10H10BrClN2O2. The Hall–Kier alpha value is -1.07. The van der Waals surface area contributed by atoms with Gasteiger partial charge in [-0.05, 0) is 12.5 Å². The van der Waals surface area contributed by atoms with Crippen molar-refractivity contribution in [1.82, 2.24) is 0 Å². The summed E-state index contributed by atoms with van der Waals surface area (Å²) >= 11 is 9.05. The molecule has 0 amide bonds. The number of allylic oxidation sites excluding steroid dienone is 1. The molecule has 16 heavy (non-hydrogen) atoms. The molecule has 6 heteroatoms. The molecule has 0 saturated heterocycles. The number of hydrogen-bond acceptors (Lipinski definition) is 3. The molecule has 0 unspecified atom stereocenters. The van der Waals surface area contributed by atoms with E-state index in [1.807, 2.05) is 6.08 Å². The largest absolute Gasteiger partial charge is 0.393 e. The number of nitro benzene ring substituents is 1. The molecule has 0 bridgehead atoms. The smallest absolute Gasteiger partial charge is 0.294 e. The van der Waals surface area contributed by atoms with Crippen molar-refractivity contribution in [3.05, 3.63) is 38.9 Å². The van der Waals surface area contributed by atoms with E-state index in [2.05, 4.69) is 15.9 Å². The Labute approximate surface area is 106 Å². The van der Waals surface area contributed by atoms with E-state index in [1.165, 1.54) is 6.07 Å². The summed E-state index contributed by atoms with van der Waals surface area (Å²) in [6.45, 7) is 0. The molecule has 0 aliphatic heterocycles. The van der Waals surface area contributed by atoms with Gasteiger partial charge in [0.1, 0.15) is 5.69 Å². The number of rotatable bonds is 4. The van der Waals surface area contributed by atoms with Crippen molar-refractivity contribution in [2.75, 3.05) is 11.1 Å². The second-order valence-corrected chi connectivity index (χ2v) is 4.29. The molecule has 0 aromatic heterocycles. The number of benzene rings is 1. The Morgan fingerprint density at radius 2 is 2.25 bits per heavy atom. The van der Waals surface area contributed by atoms with Crippen LogP contribution in [-0.4, -0.2) is 10.3 Å². The maximum absolute atomic E-state index is 10.7. The van der Waals surface area contributed by atoms with E-state index in [4.69, 9.17) is 17.3 Å². The Bertz CT molecular complexity index is 435. The molecule has 0 atom stereocenters. The average Bonchev–Trinajstić information content (AvgIpc) is 2.22. The minimum atomic E-state index is -0.539. The lowest BCUT2D eigenvalue weighted by Gasteiger charge is -2.02. The first kappa shape index (κ1) is 13.0. The molecule has 0 saturated carbocycles. The maximum Gasteiger partial charge on any atom is 0.294 e. The van der Waals surface area contributed by atoms with Crippen LogP contribution in [0.1, 0.15) is 12.0 Å². The Morgan fingerprint density at radius 3 is 2.81 bits per heavy atom. The zero-order chi connectivity index (χ0) is 12.1. The SMILES string of the molecule is Nc1c(C=CCCBr)cc(Cl)cc1[N+](=O)[O-]. The number of nitrogen functional groups attached to an aromatic ring is 1. The summed E-state index contributed by atoms with van der Waals surface area (Å²) in [5.74, 6) is 0. The molecule has 1 aromatic carbocycles. The van der Waals surface area contributed by atoms with E-state index in [0.717, 1.165) is 11.8 Å². The highest BCUT2D eigenvalue weighted by Crippen LogP contribution is 2.30. The highest BCUT2D eigenvalue weighted by atomic mass is 79.9. The normalized spacial score (nSPS) is 10.9. The topological polar surface area (TPSA) is 69.2 Å². The van der Waals surface area contributed by atoms with Crippen LogP contribution in [0.5, 0.6) is 0 Å². The van der Waals surface area contributed by atoms with Crippen molar-refractivity contribution in [2.24, 2.45) is 0 Å². The van der Waals surface area contributed by atoms with E-state index in [0.29, 0.717) is 10.6 Å². The maximum atomic E-state index is 10.7. The third-order valence-electron chi connectivity index (χ3n) is 1.92. The summed E-state index contributed by atoms with van der Waals surface area (Å²) in [5, 5.41) is 11.8. The second-order valence-electron chi connectivity index (χ2n) is 3.06. The Kier molecular flexibility index (Phi) is 4.76. The van der Waals surface area contributed by atoms with Crippen molar-refractivity contribution in [3.63, 3.8) is 0 Å². The molecule has 2 N–H and O–H groups in total. The van der Waals surface area contributed by atoms with Gasteiger partial charge in [-0.3, -0.25) is 10.1 Å². The summed E-state index contributed by atoms with van der Waals surface area (Å²) in [6.07, 6.45) is 4.43. The lowest BCUT2D eigenvalue weighted by molar-refractivity contribution is -0.383. The number of anilines is 1. The molecule has 86 valence electrons. The molecule has 0 aliphatic carbocycles. The zero-order valence-electron chi connectivity index (χ0n) is 8.32. The summed E-state index contributed by atoms with van der Waals surface area (Å²) in [7, 11) is 0. The van der Waals surface area contributed by atoms with Crippen molar-refractivity contribution >= 4 is 45.0 Å². The van der Waals surface area contributed by atoms with Gasteiger partial charge in [0, 0.05) is 22.0 Å². The van der Waals surface area contributed by atoms with E-state index >= 15 is 0 Å². The number of alkyl halides is 1. The predicted molar refractivity (Wildman–Crippen MR) is 70.0 cm³/mol. The van der Waals surface area contributed by atoms with Gasteiger partial charge in [-0.25, -0.2) is 0 Å². The molecular weight excluding hydrogens is 295 g/mol. The van der Waals surface area contributed by atoms with Crippen LogP contribution in [0.4, 0.5) is 11.4 Å². The molecule has 0 aliphatic rings. The molecule has 0 heterocycles. The van der Waals surface area contributed by atoms with Gasteiger partial charge < -0.3 is 5.73 Å². The first-order valence-corrected chi connectivity index (χ1v) is 6.02. The fraction of sp³-hybridized carbons (Fsp3) is 0.200. The first-order chi connectivity index (χ1) is 7.56. The second kappa shape index (κ2) is 5.86. The van der Waals surface area contributed by atoms with Crippen LogP contribution < -0.4 is 5.73 Å². The van der Waals surface area contributed by atoms with Crippen LogP contribution in [0, 0.1) is 10.1 Å². The Morgan fingerprint density at radius 1 is 1.56 bits per heavy atom. The van der Waals surface area contributed by atoms with Crippen LogP contribution in [-0.2, 0) is 0 Å².